The molecule has 12 aromatic rings. The molecule has 3 amide bonds. The van der Waals surface area contributed by atoms with Crippen LogP contribution in [-0.4, -0.2) is 152 Å². The number of aryl methyl sites for hydroxylation is 3. The average Bonchev–Trinajstić information content (AvgIpc) is 0.725. The summed E-state index contributed by atoms with van der Waals surface area (Å²) in [5.74, 6) is -15.9. The van der Waals surface area contributed by atoms with Crippen LogP contribution in [0, 0.1) is 107 Å². The first-order chi connectivity index (χ1) is 66.5. The minimum Gasteiger partial charge on any atom is -0.396 e. The van der Waals surface area contributed by atoms with Crippen LogP contribution in [0.1, 0.15) is 151 Å². The predicted octanol–water partition coefficient (Wildman–Crippen LogP) is 20.0. The van der Waals surface area contributed by atoms with Gasteiger partial charge in [0, 0.05) is 116 Å². The Hall–Kier alpha value is -13.8. The van der Waals surface area contributed by atoms with E-state index >= 15 is 8.78 Å². The van der Waals surface area contributed by atoms with Crippen LogP contribution in [0.25, 0.3) is 83.9 Å². The normalized spacial score (nSPS) is 16.6. The lowest BCUT2D eigenvalue weighted by molar-refractivity contribution is -0.131. The summed E-state index contributed by atoms with van der Waals surface area (Å²) in [5.41, 5.74) is 13.7. The number of hydrogen-bond acceptors (Lipinski definition) is 21. The molecule has 0 spiro atoms. The van der Waals surface area contributed by atoms with Gasteiger partial charge >= 0.3 is 0 Å². The number of halogens is 15. The van der Waals surface area contributed by atoms with E-state index in [0.29, 0.717) is 50.8 Å². The van der Waals surface area contributed by atoms with Crippen LogP contribution in [-0.2, 0) is 14.4 Å². The topological polar surface area (TPSA) is 363 Å². The van der Waals surface area contributed by atoms with Crippen LogP contribution >= 0.6 is 69.6 Å². The number of aromatic nitrogens is 9. The molecule has 12 heterocycles. The van der Waals surface area contributed by atoms with Gasteiger partial charge in [0.05, 0.1) is 117 Å². The van der Waals surface area contributed by atoms with Gasteiger partial charge in [-0.25, -0.2) is 54.5 Å². The molecule has 6 N–H and O–H groups in total. The predicted molar refractivity (Wildman–Crippen MR) is 530 cm³/mol. The summed E-state index contributed by atoms with van der Waals surface area (Å²) in [7, 11) is 0. The molecule has 15 rings (SSSR count). The molecule has 6 atom stereocenters. The highest BCUT2D eigenvalue weighted by Gasteiger charge is 2.42. The summed E-state index contributed by atoms with van der Waals surface area (Å²) in [6.07, 6.45) is 8.44. The Labute approximate surface area is 832 Å². The number of rotatable bonds is 15. The standard InChI is InChI=1S/3C33H30Cl2F3N7O2/c2*1-7-21(46)44-16(5)12-43(13-17(44)6)31-18-10-20(34)29(22-24(36)23(35)25(37)26(38)27(22)40)42-32(18)45(33(47)19(31)11-39)30-15(4)8-9-41-28(30)14(2)3;1-7-21(46)44-16(5)12-43(13-17(44)6)31-18-10-20(34)29(22-23(35)24(36)25(37)26(38)27(22)40)42-32(18)45(33(47)19(31)11-39)30-15(4)8-9-41-28(30)14(2)3/h3*7-10,14,16-17H,1,12-13,40H2,2-6H3/t3*16-,17+. The van der Waals surface area contributed by atoms with E-state index in [1.807, 2.05) is 88.0 Å². The zero-order chi connectivity index (χ0) is 104. The average molecular weight is 2050 g/mol. The molecule has 141 heavy (non-hydrogen) atoms. The first-order valence-corrected chi connectivity index (χ1v) is 46.1. The zero-order valence-electron chi connectivity index (χ0n) is 78.4. The summed E-state index contributed by atoms with van der Waals surface area (Å²) in [6, 6.07) is 13.2. The fraction of sp³-hybridized carbons (Fsp3) is 0.303. The Balaban J connectivity index is 0.000000178. The molecule has 9 aromatic heterocycles. The van der Waals surface area contributed by atoms with Gasteiger partial charge in [-0.05, 0) is 151 Å². The molecule has 732 valence electrons. The quantitative estimate of drug-likeness (QED) is 0.0282. The van der Waals surface area contributed by atoms with Crippen LogP contribution < -0.4 is 48.6 Å². The Morgan fingerprint density at radius 2 is 0.617 bits per heavy atom. The maximum absolute atomic E-state index is 15.5. The molecule has 27 nitrogen and oxygen atoms in total. The Morgan fingerprint density at radius 1 is 0.383 bits per heavy atom. The number of fused-ring (bicyclic) bond motifs is 3. The monoisotopic (exact) mass is 2050 g/mol. The van der Waals surface area contributed by atoms with Crippen molar-refractivity contribution < 1.29 is 53.9 Å². The molecule has 0 saturated carbocycles. The summed E-state index contributed by atoms with van der Waals surface area (Å²) in [5, 5.41) is 28.3. The number of carbonyl (C=O) groups excluding carboxylic acids is 3. The molecular weight excluding hydrogens is 1960 g/mol. The fourth-order valence-corrected chi connectivity index (χ4v) is 20.2. The SMILES string of the molecule is C=CC(=O)N1[C@H](C)CN(c2c(C#N)c(=O)n(-c3c(C)ccnc3C(C)C)c3nc(-c4c(N)c(F)c(F)c(Cl)c4F)c(Cl)cc23)C[C@@H]1C.C=CC(=O)N1[C@H](C)CN(c2c(C#N)c(=O)n(-c3c(C)ccnc3C(C)C)c3nc(-c4c(N)c(F)c(F)c(Cl)c4F)c(Cl)cc23)C[C@@H]1C.C=CC(=O)N1[C@H](C)CN(c2c(C#N)c(=O)n(-c3c(C)ccnc3C(C)C)c3nc(-c4c(N)c(F)c(F)c(F)c4Cl)c(Cl)cc23)C[C@@H]1C. The third-order valence-electron chi connectivity index (χ3n) is 25.0. The molecule has 0 radical (unpaired) electrons. The number of carbonyl (C=O) groups is 3. The zero-order valence-corrected chi connectivity index (χ0v) is 82.9. The van der Waals surface area contributed by atoms with Crippen molar-refractivity contribution in [2.24, 2.45) is 0 Å². The van der Waals surface area contributed by atoms with Crippen molar-refractivity contribution in [3.05, 3.63) is 257 Å². The van der Waals surface area contributed by atoms with Crippen molar-refractivity contribution in [1.82, 2.24) is 58.3 Å². The summed E-state index contributed by atoms with van der Waals surface area (Å²) < 4.78 is 137. The lowest BCUT2D eigenvalue weighted by Gasteiger charge is -2.45. The highest BCUT2D eigenvalue weighted by Crippen LogP contribution is 2.49. The smallest absolute Gasteiger partial charge is 0.276 e. The molecule has 0 bridgehead atoms. The van der Waals surface area contributed by atoms with Crippen LogP contribution in [0.3, 0.4) is 0 Å². The van der Waals surface area contributed by atoms with E-state index in [0.717, 1.165) is 0 Å². The largest absolute Gasteiger partial charge is 0.396 e. The van der Waals surface area contributed by atoms with Gasteiger partial charge < -0.3 is 46.6 Å². The number of hydrogen-bond donors (Lipinski definition) is 3. The van der Waals surface area contributed by atoms with Crippen molar-refractivity contribution in [2.45, 2.75) is 158 Å². The number of nitrogens with two attached hydrogens (primary N) is 3. The van der Waals surface area contributed by atoms with Crippen molar-refractivity contribution in [2.75, 3.05) is 71.2 Å². The van der Waals surface area contributed by atoms with Gasteiger partial charge in [0.25, 0.3) is 16.7 Å². The first-order valence-electron chi connectivity index (χ1n) is 43.9. The second kappa shape index (κ2) is 40.8. The van der Waals surface area contributed by atoms with E-state index < -0.39 is 129 Å². The van der Waals surface area contributed by atoms with Gasteiger partial charge in [-0.1, -0.05) is 131 Å². The number of nitrogen functional groups attached to an aromatic ring is 3. The van der Waals surface area contributed by atoms with Crippen molar-refractivity contribution in [1.29, 1.82) is 15.8 Å². The van der Waals surface area contributed by atoms with Gasteiger partial charge in [-0.3, -0.25) is 57.4 Å². The van der Waals surface area contributed by atoms with Crippen molar-refractivity contribution in [3.8, 4) is 69.0 Å². The van der Waals surface area contributed by atoms with Crippen LogP contribution in [0.4, 0.5) is 73.6 Å². The number of piperazine rings is 3. The Morgan fingerprint density at radius 3 is 0.858 bits per heavy atom. The van der Waals surface area contributed by atoms with Crippen LogP contribution in [0.2, 0.25) is 30.1 Å². The highest BCUT2D eigenvalue weighted by atomic mass is 35.5. The third kappa shape index (κ3) is 18.1. The molecule has 3 aliphatic rings. The van der Waals surface area contributed by atoms with E-state index in [4.69, 9.17) is 86.8 Å². The van der Waals surface area contributed by atoms with E-state index in [2.05, 4.69) is 67.8 Å². The van der Waals surface area contributed by atoms with Crippen molar-refractivity contribution in [3.63, 3.8) is 0 Å². The molecule has 3 aromatic carbocycles. The lowest BCUT2D eigenvalue weighted by atomic mass is 10.0. The molecule has 0 aliphatic carbocycles. The first kappa shape index (κ1) is 105. The maximum atomic E-state index is 15.5. The minimum atomic E-state index is -1.86. The molecular formula is C99H90Cl6F9N21O6. The second-order valence-electron chi connectivity index (χ2n) is 35.3. The van der Waals surface area contributed by atoms with Gasteiger partial charge in [-0.2, -0.15) is 15.8 Å². The van der Waals surface area contributed by atoms with Crippen LogP contribution in [0.15, 0.2) is 107 Å². The second-order valence-corrected chi connectivity index (χ2v) is 37.7. The number of nitriles is 3. The van der Waals surface area contributed by atoms with E-state index in [-0.39, 0.29) is 199 Å². The summed E-state index contributed by atoms with van der Waals surface area (Å²) >= 11 is 37.9. The lowest BCUT2D eigenvalue weighted by Crippen LogP contribution is -2.58. The fourth-order valence-electron chi connectivity index (χ4n) is 18.9. The summed E-state index contributed by atoms with van der Waals surface area (Å²) in [4.78, 5) is 119. The molecule has 0 unspecified atom stereocenters. The van der Waals surface area contributed by atoms with Gasteiger partial charge in [0.15, 0.2) is 52.4 Å². The minimum absolute atomic E-state index is 0.0492. The molecule has 3 aliphatic heterocycles. The number of pyridine rings is 9. The highest BCUT2D eigenvalue weighted by molar-refractivity contribution is 6.38. The molecule has 42 heteroatoms. The van der Waals surface area contributed by atoms with Crippen LogP contribution in [0.5, 0.6) is 0 Å². The number of anilines is 6. The van der Waals surface area contributed by atoms with Gasteiger partial charge in [0.1, 0.15) is 61.9 Å². The Bertz CT molecular complexity index is 6860. The Kier molecular flexibility index (Phi) is 30.3. The van der Waals surface area contributed by atoms with Gasteiger partial charge in [-0.15, -0.1) is 0 Å². The maximum Gasteiger partial charge on any atom is 0.276 e. The van der Waals surface area contributed by atoms with E-state index in [1.54, 1.807) is 82.1 Å². The third-order valence-corrected chi connectivity index (χ3v) is 26.8. The van der Waals surface area contributed by atoms with Gasteiger partial charge in [0.2, 0.25) is 17.7 Å². The summed E-state index contributed by atoms with van der Waals surface area (Å²) in [6.45, 7) is 39.6. The van der Waals surface area contributed by atoms with E-state index in [1.165, 1.54) is 50.1 Å². The molecule has 3 saturated heterocycles. The number of nitrogens with zero attached hydrogens (tertiary/aromatic N) is 18. The van der Waals surface area contributed by atoms with Crippen molar-refractivity contribution >= 4 is 155 Å². The van der Waals surface area contributed by atoms with E-state index in [9.17, 15) is 75.3 Å². The molecule has 3 fully saturated rings. The number of benzene rings is 3. The number of amides is 3.